The molecule has 0 N–H and O–H groups in total. The van der Waals surface area contributed by atoms with Crippen LogP contribution in [0.1, 0.15) is 20.7 Å². The van der Waals surface area contributed by atoms with E-state index in [4.69, 9.17) is 23.7 Å². The molecule has 27 heavy (non-hydrogen) atoms. The minimum absolute atomic E-state index is 0.0544. The van der Waals surface area contributed by atoms with Gasteiger partial charge in [0.25, 0.3) is 6.48 Å². The van der Waals surface area contributed by atoms with Gasteiger partial charge in [-0.15, -0.1) is 0 Å². The molecule has 1 fully saturated rings. The fourth-order valence-electron chi connectivity index (χ4n) is 2.53. The maximum atomic E-state index is 12.1. The molecular weight excluding hydrogens is 352 g/mol. The lowest BCUT2D eigenvalue weighted by molar-refractivity contribution is -0.231. The molecule has 0 amide bonds. The Bertz CT molecular complexity index is 684. The van der Waals surface area contributed by atoms with Crippen LogP contribution in [0.3, 0.4) is 0 Å². The molecule has 0 unspecified atom stereocenters. The molecule has 0 saturated carbocycles. The Morgan fingerprint density at radius 2 is 1.19 bits per heavy atom. The van der Waals surface area contributed by atoms with Gasteiger partial charge < -0.3 is 23.7 Å². The molecule has 3 rings (SSSR count). The van der Waals surface area contributed by atoms with E-state index in [1.807, 2.05) is 12.1 Å². The Morgan fingerprint density at radius 3 is 1.56 bits per heavy atom. The first-order valence-electron chi connectivity index (χ1n) is 8.45. The number of ether oxygens (including phenoxy) is 5. The summed E-state index contributed by atoms with van der Waals surface area (Å²) >= 11 is 0. The highest BCUT2D eigenvalue weighted by molar-refractivity contribution is 5.89. The van der Waals surface area contributed by atoms with Crippen LogP contribution in [0.2, 0.25) is 0 Å². The van der Waals surface area contributed by atoms with Crippen molar-refractivity contribution in [3.05, 3.63) is 71.8 Å². The van der Waals surface area contributed by atoms with Crippen molar-refractivity contribution in [2.75, 3.05) is 20.3 Å². The maximum Gasteiger partial charge on any atom is 0.338 e. The number of hydrogen-bond acceptors (Lipinski definition) is 7. The minimum atomic E-state index is -0.911. The summed E-state index contributed by atoms with van der Waals surface area (Å²) in [5.74, 6) is -0.944. The molecule has 0 radical (unpaired) electrons. The predicted octanol–water partition coefficient (Wildman–Crippen LogP) is 2.41. The van der Waals surface area contributed by atoms with Gasteiger partial charge >= 0.3 is 11.9 Å². The van der Waals surface area contributed by atoms with Crippen molar-refractivity contribution in [2.24, 2.45) is 0 Å². The van der Waals surface area contributed by atoms with Gasteiger partial charge in [0.2, 0.25) is 0 Å². The van der Waals surface area contributed by atoms with E-state index >= 15 is 0 Å². The molecule has 0 aliphatic carbocycles. The largest absolute Gasteiger partial charge is 0.459 e. The zero-order chi connectivity index (χ0) is 19.1. The third-order valence-corrected chi connectivity index (χ3v) is 3.96. The van der Waals surface area contributed by atoms with Crippen LogP contribution in [0.4, 0.5) is 0 Å². The van der Waals surface area contributed by atoms with Gasteiger partial charge in [-0.3, -0.25) is 0 Å². The number of methoxy groups -OCH3 is 1. The van der Waals surface area contributed by atoms with E-state index in [0.717, 1.165) is 0 Å². The number of benzene rings is 2. The van der Waals surface area contributed by atoms with Crippen LogP contribution in [-0.2, 0) is 23.7 Å². The highest BCUT2D eigenvalue weighted by Crippen LogP contribution is 2.21. The van der Waals surface area contributed by atoms with E-state index in [9.17, 15) is 9.59 Å². The van der Waals surface area contributed by atoms with Gasteiger partial charge in [-0.05, 0) is 24.3 Å². The topological polar surface area (TPSA) is 80.3 Å². The highest BCUT2D eigenvalue weighted by Gasteiger charge is 2.38. The Balaban J connectivity index is 1.54. The number of carbonyl (C=O) groups excluding carboxylic acids is 2. The van der Waals surface area contributed by atoms with Crippen molar-refractivity contribution in [2.45, 2.75) is 18.7 Å². The van der Waals surface area contributed by atoms with Crippen molar-refractivity contribution in [1.82, 2.24) is 0 Å². The first-order valence-corrected chi connectivity index (χ1v) is 8.45. The lowest BCUT2D eigenvalue weighted by Crippen LogP contribution is -2.33. The summed E-state index contributed by atoms with van der Waals surface area (Å²) in [6, 6.07) is 17.2. The molecule has 0 aromatic heterocycles. The smallest absolute Gasteiger partial charge is 0.338 e. The summed E-state index contributed by atoms with van der Waals surface area (Å²) < 4.78 is 26.7. The van der Waals surface area contributed by atoms with Gasteiger partial charge in [0.05, 0.1) is 11.1 Å². The number of rotatable bonds is 7. The molecule has 1 aliphatic heterocycles. The molecule has 1 heterocycles. The molecule has 7 heteroatoms. The molecule has 0 spiro atoms. The second-order valence-electron chi connectivity index (χ2n) is 5.80. The van der Waals surface area contributed by atoms with Gasteiger partial charge in [-0.1, -0.05) is 36.4 Å². The van der Waals surface area contributed by atoms with Crippen molar-refractivity contribution in [3.63, 3.8) is 0 Å². The van der Waals surface area contributed by atoms with Crippen LogP contribution in [-0.4, -0.2) is 50.9 Å². The molecule has 0 bridgehead atoms. The molecule has 7 nitrogen and oxygen atoms in total. The molecule has 2 aromatic rings. The SMILES string of the molecule is COC1O[C@H](COC(=O)c2ccccc2)[C@@H](COC(=O)c2ccccc2)O1. The number of carbonyl (C=O) groups is 2. The van der Waals surface area contributed by atoms with Gasteiger partial charge in [0.15, 0.2) is 0 Å². The summed E-state index contributed by atoms with van der Waals surface area (Å²) in [6.45, 7) is -1.02. The summed E-state index contributed by atoms with van der Waals surface area (Å²) in [6.07, 6.45) is -1.24. The van der Waals surface area contributed by atoms with Crippen LogP contribution in [0.15, 0.2) is 60.7 Å². The van der Waals surface area contributed by atoms with Crippen molar-refractivity contribution in [1.29, 1.82) is 0 Å². The molecule has 142 valence electrons. The van der Waals surface area contributed by atoms with Gasteiger partial charge in [0, 0.05) is 7.11 Å². The number of esters is 2. The molecule has 1 aliphatic rings. The maximum absolute atomic E-state index is 12.1. The third kappa shape index (κ3) is 5.13. The summed E-state index contributed by atoms with van der Waals surface area (Å²) in [5.41, 5.74) is 0.874. The fourth-order valence-corrected chi connectivity index (χ4v) is 2.53. The van der Waals surface area contributed by atoms with E-state index in [1.54, 1.807) is 48.5 Å². The standard InChI is InChI=1S/C20H20O7/c1-23-20-26-16(12-24-18(21)14-8-4-2-5-9-14)17(27-20)13-25-19(22)15-10-6-3-7-11-15/h2-11,16-17,20H,12-13H2,1H3/t16-,17-/m1/s1. The zero-order valence-electron chi connectivity index (χ0n) is 14.8. The van der Waals surface area contributed by atoms with Gasteiger partial charge in [-0.2, -0.15) is 0 Å². The first kappa shape index (κ1) is 19.0. The lowest BCUT2D eigenvalue weighted by atomic mass is 10.2. The van der Waals surface area contributed by atoms with Crippen molar-refractivity contribution < 1.29 is 33.3 Å². The zero-order valence-corrected chi connectivity index (χ0v) is 14.8. The number of hydrogen-bond donors (Lipinski definition) is 0. The van der Waals surface area contributed by atoms with E-state index in [1.165, 1.54) is 7.11 Å². The van der Waals surface area contributed by atoms with Crippen LogP contribution in [0.25, 0.3) is 0 Å². The van der Waals surface area contributed by atoms with Gasteiger partial charge in [-0.25, -0.2) is 9.59 Å². The van der Waals surface area contributed by atoms with Gasteiger partial charge in [0.1, 0.15) is 25.4 Å². The second kappa shape index (κ2) is 9.27. The predicted molar refractivity (Wildman–Crippen MR) is 94.0 cm³/mol. The average molecular weight is 372 g/mol. The monoisotopic (exact) mass is 372 g/mol. The summed E-state index contributed by atoms with van der Waals surface area (Å²) in [5, 5.41) is 0. The molecule has 1 saturated heterocycles. The Kier molecular flexibility index (Phi) is 6.54. The van der Waals surface area contributed by atoms with Crippen LogP contribution in [0.5, 0.6) is 0 Å². The van der Waals surface area contributed by atoms with Crippen LogP contribution in [0, 0.1) is 0 Å². The van der Waals surface area contributed by atoms with Crippen molar-refractivity contribution in [3.8, 4) is 0 Å². The summed E-state index contributed by atoms with van der Waals surface area (Å²) in [7, 11) is 1.43. The van der Waals surface area contributed by atoms with Crippen LogP contribution >= 0.6 is 0 Å². The Hall–Kier alpha value is -2.74. The van der Waals surface area contributed by atoms with Crippen molar-refractivity contribution >= 4 is 11.9 Å². The highest BCUT2D eigenvalue weighted by atomic mass is 16.9. The molecule has 2 aromatic carbocycles. The van der Waals surface area contributed by atoms with E-state index in [0.29, 0.717) is 11.1 Å². The minimum Gasteiger partial charge on any atom is -0.459 e. The molecular formula is C20H20O7. The lowest BCUT2D eigenvalue weighted by Gasteiger charge is -2.16. The first-order chi connectivity index (χ1) is 13.2. The quantitative estimate of drug-likeness (QED) is 0.691. The average Bonchev–Trinajstić information content (AvgIpc) is 3.13. The van der Waals surface area contributed by atoms with E-state index < -0.39 is 30.6 Å². The Morgan fingerprint density at radius 1 is 0.778 bits per heavy atom. The normalized spacial score (nSPS) is 19.6. The summed E-state index contributed by atoms with van der Waals surface area (Å²) in [4.78, 5) is 24.2. The van der Waals surface area contributed by atoms with E-state index in [2.05, 4.69) is 0 Å². The second-order valence-corrected chi connectivity index (χ2v) is 5.80. The fraction of sp³-hybridized carbons (Fsp3) is 0.300. The van der Waals surface area contributed by atoms with Crippen LogP contribution < -0.4 is 0 Å². The third-order valence-electron chi connectivity index (χ3n) is 3.96. The van der Waals surface area contributed by atoms with E-state index in [-0.39, 0.29) is 13.2 Å². The molecule has 2 atom stereocenters. The Labute approximate surface area is 156 Å².